The summed E-state index contributed by atoms with van der Waals surface area (Å²) in [5, 5.41) is 17.4. The summed E-state index contributed by atoms with van der Waals surface area (Å²) in [7, 11) is 0. The second-order valence-electron chi connectivity index (χ2n) is 2.77. The monoisotopic (exact) mass is 214 g/mol. The van der Waals surface area contributed by atoms with Crippen molar-refractivity contribution in [2.24, 2.45) is 0 Å². The average molecular weight is 214 g/mol. The summed E-state index contributed by atoms with van der Waals surface area (Å²) in [5.74, 6) is -1.58. The van der Waals surface area contributed by atoms with E-state index in [1.165, 1.54) is 12.2 Å². The smallest absolute Gasteiger partial charge is 0.306 e. The SMILES string of the molecule is C=CCC(O)=CCOC(=O)CCC(=O)O. The number of hydrogen-bond donors (Lipinski definition) is 2. The highest BCUT2D eigenvalue weighted by atomic mass is 16.5. The molecular formula is C10H14O5. The molecular weight excluding hydrogens is 200 g/mol. The predicted molar refractivity (Wildman–Crippen MR) is 53.4 cm³/mol. The summed E-state index contributed by atoms with van der Waals surface area (Å²) < 4.78 is 4.64. The third-order valence-electron chi connectivity index (χ3n) is 1.46. The Hall–Kier alpha value is -1.78. The van der Waals surface area contributed by atoms with Gasteiger partial charge in [0, 0.05) is 6.42 Å². The molecule has 0 aromatic rings. The van der Waals surface area contributed by atoms with Crippen LogP contribution in [0.15, 0.2) is 24.5 Å². The molecule has 0 saturated heterocycles. The van der Waals surface area contributed by atoms with E-state index in [-0.39, 0.29) is 25.2 Å². The first kappa shape index (κ1) is 13.2. The van der Waals surface area contributed by atoms with E-state index in [9.17, 15) is 9.59 Å². The molecule has 0 amide bonds. The van der Waals surface area contributed by atoms with Crippen LogP contribution in [0.1, 0.15) is 19.3 Å². The normalized spacial score (nSPS) is 10.8. The summed E-state index contributed by atoms with van der Waals surface area (Å²) in [6.07, 6.45) is 2.75. The molecule has 5 heteroatoms. The van der Waals surface area contributed by atoms with Gasteiger partial charge in [-0.25, -0.2) is 0 Å². The van der Waals surface area contributed by atoms with Gasteiger partial charge in [-0.15, -0.1) is 6.58 Å². The number of aliphatic hydroxyl groups is 1. The number of ether oxygens (including phenoxy) is 1. The molecule has 0 unspecified atom stereocenters. The van der Waals surface area contributed by atoms with Crippen molar-refractivity contribution < 1.29 is 24.5 Å². The quantitative estimate of drug-likeness (QED) is 0.380. The molecule has 84 valence electrons. The van der Waals surface area contributed by atoms with E-state index < -0.39 is 11.9 Å². The fraction of sp³-hybridized carbons (Fsp3) is 0.400. The van der Waals surface area contributed by atoms with Crippen molar-refractivity contribution in [3.63, 3.8) is 0 Å². The Morgan fingerprint density at radius 2 is 1.93 bits per heavy atom. The first-order chi connectivity index (χ1) is 7.06. The van der Waals surface area contributed by atoms with E-state index in [0.29, 0.717) is 6.42 Å². The van der Waals surface area contributed by atoms with Crippen molar-refractivity contribution in [2.75, 3.05) is 6.61 Å². The number of carboxylic acid groups (broad SMARTS) is 1. The maximum absolute atomic E-state index is 10.9. The van der Waals surface area contributed by atoms with Gasteiger partial charge in [-0.1, -0.05) is 6.08 Å². The lowest BCUT2D eigenvalue weighted by Gasteiger charge is -2.00. The fourth-order valence-corrected chi connectivity index (χ4v) is 0.743. The minimum atomic E-state index is -1.04. The first-order valence-corrected chi connectivity index (χ1v) is 4.42. The third kappa shape index (κ3) is 8.55. The molecule has 0 radical (unpaired) electrons. The molecule has 0 spiro atoms. The minimum Gasteiger partial charge on any atom is -0.512 e. The van der Waals surface area contributed by atoms with Crippen LogP contribution in [0, 0.1) is 0 Å². The van der Waals surface area contributed by atoms with Gasteiger partial charge in [0.15, 0.2) is 0 Å². The number of hydrogen-bond acceptors (Lipinski definition) is 4. The highest BCUT2D eigenvalue weighted by molar-refractivity contribution is 5.76. The van der Waals surface area contributed by atoms with E-state index in [2.05, 4.69) is 11.3 Å². The van der Waals surface area contributed by atoms with E-state index in [1.54, 1.807) is 0 Å². The lowest BCUT2D eigenvalue weighted by molar-refractivity contribution is -0.146. The van der Waals surface area contributed by atoms with E-state index in [4.69, 9.17) is 10.2 Å². The van der Waals surface area contributed by atoms with Crippen molar-refractivity contribution in [3.8, 4) is 0 Å². The van der Waals surface area contributed by atoms with Gasteiger partial charge in [-0.3, -0.25) is 9.59 Å². The maximum atomic E-state index is 10.9. The topological polar surface area (TPSA) is 83.8 Å². The zero-order chi connectivity index (χ0) is 11.7. The zero-order valence-corrected chi connectivity index (χ0v) is 8.31. The molecule has 0 heterocycles. The van der Waals surface area contributed by atoms with Crippen LogP contribution in [0.3, 0.4) is 0 Å². The Balaban J connectivity index is 3.67. The van der Waals surface area contributed by atoms with Crippen LogP contribution in [0.25, 0.3) is 0 Å². The largest absolute Gasteiger partial charge is 0.512 e. The molecule has 0 atom stereocenters. The summed E-state index contributed by atoms with van der Waals surface area (Å²) in [4.78, 5) is 21.0. The van der Waals surface area contributed by atoms with Gasteiger partial charge in [0.05, 0.1) is 18.6 Å². The zero-order valence-electron chi connectivity index (χ0n) is 8.31. The van der Waals surface area contributed by atoms with Gasteiger partial charge in [0.25, 0.3) is 0 Å². The van der Waals surface area contributed by atoms with E-state index in [0.717, 1.165) is 0 Å². The van der Waals surface area contributed by atoms with Crippen LogP contribution in [0.5, 0.6) is 0 Å². The van der Waals surface area contributed by atoms with Crippen molar-refractivity contribution in [2.45, 2.75) is 19.3 Å². The summed E-state index contributed by atoms with van der Waals surface area (Å²) in [6, 6.07) is 0. The van der Waals surface area contributed by atoms with Gasteiger partial charge in [-0.2, -0.15) is 0 Å². The average Bonchev–Trinajstić information content (AvgIpc) is 2.15. The van der Waals surface area contributed by atoms with Crippen LogP contribution in [0.4, 0.5) is 0 Å². The third-order valence-corrected chi connectivity index (χ3v) is 1.46. The molecule has 0 aliphatic carbocycles. The molecule has 2 N–H and O–H groups in total. The molecule has 0 aromatic heterocycles. The number of carboxylic acids is 1. The fourth-order valence-electron chi connectivity index (χ4n) is 0.743. The molecule has 0 rings (SSSR count). The van der Waals surface area contributed by atoms with Gasteiger partial charge < -0.3 is 14.9 Å². The summed E-state index contributed by atoms with van der Waals surface area (Å²) >= 11 is 0. The molecule has 5 nitrogen and oxygen atoms in total. The van der Waals surface area contributed by atoms with Crippen LogP contribution in [0.2, 0.25) is 0 Å². The molecule has 15 heavy (non-hydrogen) atoms. The van der Waals surface area contributed by atoms with Crippen LogP contribution >= 0.6 is 0 Å². The Bertz CT molecular complexity index is 267. The predicted octanol–water partition coefficient (Wildman–Crippen LogP) is 1.41. The Kier molecular flexibility index (Phi) is 6.70. The van der Waals surface area contributed by atoms with E-state index in [1.807, 2.05) is 0 Å². The number of esters is 1. The first-order valence-electron chi connectivity index (χ1n) is 4.42. The number of carbonyl (C=O) groups is 2. The van der Waals surface area contributed by atoms with Gasteiger partial charge in [0.1, 0.15) is 6.61 Å². The van der Waals surface area contributed by atoms with E-state index >= 15 is 0 Å². The standard InChI is InChI=1S/C10H14O5/c1-2-3-8(11)6-7-15-10(14)5-4-9(12)13/h2,6,11H,1,3-5,7H2,(H,12,13). The molecule has 0 aromatic carbocycles. The molecule has 0 aliphatic rings. The molecule has 0 fully saturated rings. The minimum absolute atomic E-state index is 0.0574. The number of aliphatic hydroxyl groups excluding tert-OH is 1. The number of rotatable bonds is 7. The van der Waals surface area contributed by atoms with Gasteiger partial charge >= 0.3 is 11.9 Å². The van der Waals surface area contributed by atoms with Crippen molar-refractivity contribution >= 4 is 11.9 Å². The Morgan fingerprint density at radius 3 is 2.47 bits per heavy atom. The highest BCUT2D eigenvalue weighted by Crippen LogP contribution is 1.98. The van der Waals surface area contributed by atoms with Gasteiger partial charge in [-0.05, 0) is 6.08 Å². The Labute approximate surface area is 87.7 Å². The second kappa shape index (κ2) is 7.61. The number of aliphatic carboxylic acids is 1. The van der Waals surface area contributed by atoms with Crippen LogP contribution < -0.4 is 0 Å². The summed E-state index contributed by atoms with van der Waals surface area (Å²) in [5.41, 5.74) is 0. The van der Waals surface area contributed by atoms with Gasteiger partial charge in [0.2, 0.25) is 0 Å². The second-order valence-corrected chi connectivity index (χ2v) is 2.77. The molecule has 0 bridgehead atoms. The molecule has 0 saturated carbocycles. The van der Waals surface area contributed by atoms with Crippen molar-refractivity contribution in [3.05, 3.63) is 24.5 Å². The lowest BCUT2D eigenvalue weighted by Crippen LogP contribution is -2.07. The molecule has 0 aliphatic heterocycles. The lowest BCUT2D eigenvalue weighted by atomic mass is 10.3. The summed E-state index contributed by atoms with van der Waals surface area (Å²) in [6.45, 7) is 3.36. The Morgan fingerprint density at radius 1 is 1.27 bits per heavy atom. The number of carbonyl (C=O) groups excluding carboxylic acids is 1. The number of allylic oxidation sites excluding steroid dienone is 1. The van der Waals surface area contributed by atoms with Crippen molar-refractivity contribution in [1.29, 1.82) is 0 Å². The van der Waals surface area contributed by atoms with Crippen molar-refractivity contribution in [1.82, 2.24) is 0 Å². The maximum Gasteiger partial charge on any atom is 0.306 e. The van der Waals surface area contributed by atoms with Crippen LogP contribution in [-0.4, -0.2) is 28.8 Å². The van der Waals surface area contributed by atoms with Crippen LogP contribution in [-0.2, 0) is 14.3 Å². The highest BCUT2D eigenvalue weighted by Gasteiger charge is 2.05.